The number of ether oxygens (including phenoxy) is 1. The molecule has 4 rings (SSSR count). The Hall–Kier alpha value is -3.93. The van der Waals surface area contributed by atoms with Gasteiger partial charge in [0.15, 0.2) is 6.61 Å². The molecule has 6 heteroatoms. The van der Waals surface area contributed by atoms with E-state index in [1.165, 1.54) is 5.56 Å². The van der Waals surface area contributed by atoms with Crippen molar-refractivity contribution in [2.24, 2.45) is 0 Å². The highest BCUT2D eigenvalue weighted by Gasteiger charge is 2.38. The maximum Gasteiger partial charge on any atom is 0.308 e. The Kier molecular flexibility index (Phi) is 7.93. The van der Waals surface area contributed by atoms with Crippen LogP contribution in [-0.2, 0) is 19.7 Å². The van der Waals surface area contributed by atoms with Crippen LogP contribution in [0.3, 0.4) is 0 Å². The van der Waals surface area contributed by atoms with Gasteiger partial charge in [0.25, 0.3) is 11.8 Å². The lowest BCUT2D eigenvalue weighted by Crippen LogP contribution is -2.46. The molecule has 0 bridgehead atoms. The topological polar surface area (TPSA) is 84.5 Å². The molecule has 35 heavy (non-hydrogen) atoms. The molecular weight excluding hydrogens is 440 g/mol. The number of nitrogens with one attached hydrogen (secondary N) is 2. The summed E-state index contributed by atoms with van der Waals surface area (Å²) in [6, 6.07) is 27.7. The van der Waals surface area contributed by atoms with Crippen molar-refractivity contribution < 1.29 is 19.1 Å². The standard InChI is InChI=1S/C29H30N2O4/c32-26(30-21-29(17-10-18-29)24-15-8-3-9-16-24)20-35-27(33)19-25(22-11-4-1-5-12-22)31-28(34)23-13-6-2-7-14-23/h1-9,11-16,25H,10,17-21H2,(H,30,32)(H,31,34). The molecule has 1 unspecified atom stereocenters. The van der Waals surface area contributed by atoms with E-state index in [0.717, 1.165) is 24.8 Å². The second-order valence-electron chi connectivity index (χ2n) is 8.94. The third-order valence-electron chi connectivity index (χ3n) is 6.60. The fourth-order valence-corrected chi connectivity index (χ4v) is 4.42. The van der Waals surface area contributed by atoms with E-state index in [9.17, 15) is 14.4 Å². The Balaban J connectivity index is 1.30. The summed E-state index contributed by atoms with van der Waals surface area (Å²) in [4.78, 5) is 37.7. The van der Waals surface area contributed by atoms with Crippen LogP contribution in [0.4, 0.5) is 0 Å². The molecule has 0 heterocycles. The predicted molar refractivity (Wildman–Crippen MR) is 134 cm³/mol. The molecule has 2 amide bonds. The molecule has 3 aromatic rings. The van der Waals surface area contributed by atoms with E-state index in [2.05, 4.69) is 22.8 Å². The zero-order valence-electron chi connectivity index (χ0n) is 19.6. The van der Waals surface area contributed by atoms with Gasteiger partial charge in [0.2, 0.25) is 0 Å². The SMILES string of the molecule is O=C(COC(=O)CC(NC(=O)c1ccccc1)c1ccccc1)NCC1(c2ccccc2)CCC1. The van der Waals surface area contributed by atoms with Gasteiger partial charge in [-0.1, -0.05) is 85.3 Å². The van der Waals surface area contributed by atoms with Gasteiger partial charge in [-0.05, 0) is 36.1 Å². The van der Waals surface area contributed by atoms with Gasteiger partial charge in [-0.2, -0.15) is 0 Å². The fraction of sp³-hybridized carbons (Fsp3) is 0.276. The molecule has 180 valence electrons. The second-order valence-corrected chi connectivity index (χ2v) is 8.94. The van der Waals surface area contributed by atoms with Crippen LogP contribution in [0.2, 0.25) is 0 Å². The van der Waals surface area contributed by atoms with E-state index in [4.69, 9.17) is 4.74 Å². The minimum Gasteiger partial charge on any atom is -0.456 e. The first-order valence-corrected chi connectivity index (χ1v) is 11.9. The Labute approximate surface area is 205 Å². The Bertz CT molecular complexity index is 1130. The lowest BCUT2D eigenvalue weighted by Gasteiger charge is -2.42. The monoisotopic (exact) mass is 470 g/mol. The molecule has 3 aromatic carbocycles. The molecule has 1 atom stereocenters. The highest BCUT2D eigenvalue weighted by Crippen LogP contribution is 2.43. The van der Waals surface area contributed by atoms with Crippen molar-refractivity contribution in [1.82, 2.24) is 10.6 Å². The quantitative estimate of drug-likeness (QED) is 0.432. The molecule has 6 nitrogen and oxygen atoms in total. The first kappa shape index (κ1) is 24.2. The number of carbonyl (C=O) groups is 3. The van der Waals surface area contributed by atoms with Gasteiger partial charge in [0.05, 0.1) is 12.5 Å². The smallest absolute Gasteiger partial charge is 0.308 e. The van der Waals surface area contributed by atoms with Gasteiger partial charge in [-0.25, -0.2) is 0 Å². The van der Waals surface area contributed by atoms with Crippen LogP contribution >= 0.6 is 0 Å². The summed E-state index contributed by atoms with van der Waals surface area (Å²) in [5.74, 6) is -1.16. The molecule has 0 radical (unpaired) electrons. The molecule has 1 saturated carbocycles. The van der Waals surface area contributed by atoms with E-state index >= 15 is 0 Å². The number of carbonyl (C=O) groups excluding carboxylic acids is 3. The van der Waals surface area contributed by atoms with E-state index in [1.807, 2.05) is 54.6 Å². The minimum absolute atomic E-state index is 0.0406. The summed E-state index contributed by atoms with van der Waals surface area (Å²) < 4.78 is 5.26. The van der Waals surface area contributed by atoms with Crippen molar-refractivity contribution in [3.8, 4) is 0 Å². The maximum atomic E-state index is 12.7. The first-order chi connectivity index (χ1) is 17.1. The van der Waals surface area contributed by atoms with E-state index in [-0.39, 0.29) is 30.3 Å². The Morgan fingerprint density at radius 1 is 0.829 bits per heavy atom. The van der Waals surface area contributed by atoms with Gasteiger partial charge in [-0.3, -0.25) is 14.4 Å². The highest BCUT2D eigenvalue weighted by molar-refractivity contribution is 5.94. The van der Waals surface area contributed by atoms with Crippen molar-refractivity contribution in [3.63, 3.8) is 0 Å². The van der Waals surface area contributed by atoms with E-state index in [0.29, 0.717) is 12.1 Å². The second kappa shape index (κ2) is 11.5. The number of amides is 2. The lowest BCUT2D eigenvalue weighted by molar-refractivity contribution is -0.149. The van der Waals surface area contributed by atoms with Gasteiger partial charge in [-0.15, -0.1) is 0 Å². The van der Waals surface area contributed by atoms with E-state index < -0.39 is 12.0 Å². The zero-order valence-corrected chi connectivity index (χ0v) is 19.6. The van der Waals surface area contributed by atoms with E-state index in [1.54, 1.807) is 24.3 Å². The molecule has 0 aliphatic heterocycles. The molecule has 0 spiro atoms. The lowest BCUT2D eigenvalue weighted by atomic mass is 9.64. The average Bonchev–Trinajstić information content (AvgIpc) is 2.88. The predicted octanol–water partition coefficient (Wildman–Crippen LogP) is 4.33. The molecule has 1 aliphatic rings. The molecule has 0 saturated heterocycles. The van der Waals surface area contributed by atoms with Crippen LogP contribution in [-0.4, -0.2) is 30.9 Å². The number of benzene rings is 3. The summed E-state index contributed by atoms with van der Waals surface area (Å²) in [6.07, 6.45) is 3.10. The van der Waals surface area contributed by atoms with Crippen molar-refractivity contribution in [3.05, 3.63) is 108 Å². The number of esters is 1. The highest BCUT2D eigenvalue weighted by atomic mass is 16.5. The summed E-state index contributed by atoms with van der Waals surface area (Å²) in [7, 11) is 0. The van der Waals surface area contributed by atoms with Crippen molar-refractivity contribution in [2.75, 3.05) is 13.2 Å². The summed E-state index contributed by atoms with van der Waals surface area (Å²) in [6.45, 7) is 0.172. The van der Waals surface area contributed by atoms with Crippen LogP contribution < -0.4 is 10.6 Å². The normalized spacial score (nSPS) is 14.7. The maximum absolute atomic E-state index is 12.7. The largest absolute Gasteiger partial charge is 0.456 e. The zero-order chi connectivity index (χ0) is 24.5. The average molecular weight is 471 g/mol. The van der Waals surface area contributed by atoms with Crippen LogP contribution in [0.1, 0.15) is 53.2 Å². The van der Waals surface area contributed by atoms with Crippen molar-refractivity contribution >= 4 is 17.8 Å². The third kappa shape index (κ3) is 6.35. The summed E-state index contributed by atoms with van der Waals surface area (Å²) in [5.41, 5.74) is 2.47. The van der Waals surface area contributed by atoms with Gasteiger partial charge >= 0.3 is 5.97 Å². The van der Waals surface area contributed by atoms with Crippen LogP contribution in [0, 0.1) is 0 Å². The van der Waals surface area contributed by atoms with Gasteiger partial charge < -0.3 is 15.4 Å². The summed E-state index contributed by atoms with van der Waals surface area (Å²) in [5, 5.41) is 5.84. The van der Waals surface area contributed by atoms with Crippen molar-refractivity contribution in [2.45, 2.75) is 37.1 Å². The number of hydrogen-bond donors (Lipinski definition) is 2. The first-order valence-electron chi connectivity index (χ1n) is 11.9. The molecule has 2 N–H and O–H groups in total. The number of hydrogen-bond acceptors (Lipinski definition) is 4. The van der Waals surface area contributed by atoms with Gasteiger partial charge in [0, 0.05) is 17.5 Å². The Morgan fingerprint density at radius 3 is 2.03 bits per heavy atom. The van der Waals surface area contributed by atoms with Gasteiger partial charge in [0.1, 0.15) is 0 Å². The molecule has 1 fully saturated rings. The minimum atomic E-state index is -0.573. The summed E-state index contributed by atoms with van der Waals surface area (Å²) >= 11 is 0. The van der Waals surface area contributed by atoms with Crippen LogP contribution in [0.25, 0.3) is 0 Å². The van der Waals surface area contributed by atoms with Crippen molar-refractivity contribution in [1.29, 1.82) is 0 Å². The number of rotatable bonds is 10. The van der Waals surface area contributed by atoms with Crippen LogP contribution in [0.5, 0.6) is 0 Å². The van der Waals surface area contributed by atoms with Crippen LogP contribution in [0.15, 0.2) is 91.0 Å². The molecular formula is C29H30N2O4. The fourth-order valence-electron chi connectivity index (χ4n) is 4.42. The molecule has 1 aliphatic carbocycles. The molecule has 0 aromatic heterocycles. The third-order valence-corrected chi connectivity index (χ3v) is 6.60. The Morgan fingerprint density at radius 2 is 1.43 bits per heavy atom.